The van der Waals surface area contributed by atoms with Crippen LogP contribution in [0.25, 0.3) is 0 Å². The van der Waals surface area contributed by atoms with E-state index in [1.165, 1.54) is 0 Å². The third-order valence-corrected chi connectivity index (χ3v) is 4.24. The van der Waals surface area contributed by atoms with Crippen LogP contribution in [0.2, 0.25) is 0 Å². The molecular weight excluding hydrogens is 212 g/mol. The lowest BCUT2D eigenvalue weighted by Crippen LogP contribution is -2.09. The van der Waals surface area contributed by atoms with Gasteiger partial charge in [-0.15, -0.1) is 0 Å². The Labute approximate surface area is 89.3 Å². The fraction of sp³-hybridized carbons (Fsp3) is 0.273. The number of epoxide rings is 1. The van der Waals surface area contributed by atoms with Gasteiger partial charge in [0.15, 0.2) is 0 Å². The molecule has 1 aromatic carbocycles. The molecule has 1 aliphatic rings. The van der Waals surface area contributed by atoms with Crippen molar-refractivity contribution in [2.75, 3.05) is 0 Å². The molecule has 0 bridgehead atoms. The van der Waals surface area contributed by atoms with Crippen LogP contribution in [0.1, 0.15) is 6.92 Å². The molecule has 1 aliphatic heterocycles. The summed E-state index contributed by atoms with van der Waals surface area (Å²) in [5, 5.41) is 0. The van der Waals surface area contributed by atoms with Crippen molar-refractivity contribution in [1.29, 1.82) is 0 Å². The van der Waals surface area contributed by atoms with Crippen LogP contribution in [-0.4, -0.2) is 20.6 Å². The molecule has 2 rings (SSSR count). The quantitative estimate of drug-likeness (QED) is 0.735. The van der Waals surface area contributed by atoms with Crippen molar-refractivity contribution in [3.05, 3.63) is 41.8 Å². The normalized spacial score (nSPS) is 24.9. The van der Waals surface area contributed by atoms with Gasteiger partial charge >= 0.3 is 0 Å². The summed E-state index contributed by atoms with van der Waals surface area (Å²) in [6.45, 7) is 5.43. The van der Waals surface area contributed by atoms with Gasteiger partial charge in [0.2, 0.25) is 9.84 Å². The van der Waals surface area contributed by atoms with E-state index in [-0.39, 0.29) is 22.0 Å². The molecule has 3 nitrogen and oxygen atoms in total. The van der Waals surface area contributed by atoms with Crippen LogP contribution in [0.15, 0.2) is 46.7 Å². The lowest BCUT2D eigenvalue weighted by molar-refractivity contribution is 0.398. The lowest BCUT2D eigenvalue weighted by Gasteiger charge is -2.04. The van der Waals surface area contributed by atoms with Crippen molar-refractivity contribution < 1.29 is 13.2 Å². The fourth-order valence-corrected chi connectivity index (χ4v) is 2.80. The predicted molar refractivity (Wildman–Crippen MR) is 57.1 cm³/mol. The number of hydrogen-bond donors (Lipinski definition) is 0. The predicted octanol–water partition coefficient (Wildman–Crippen LogP) is 1.76. The van der Waals surface area contributed by atoms with Gasteiger partial charge in [0.05, 0.1) is 15.9 Å². The molecule has 0 aliphatic carbocycles. The van der Waals surface area contributed by atoms with E-state index in [4.69, 9.17) is 4.74 Å². The van der Waals surface area contributed by atoms with Crippen LogP contribution in [0.3, 0.4) is 0 Å². The molecule has 0 radical (unpaired) electrons. The third-order valence-electron chi connectivity index (χ3n) is 2.43. The lowest BCUT2D eigenvalue weighted by atomic mass is 10.3. The van der Waals surface area contributed by atoms with Gasteiger partial charge in [-0.25, -0.2) is 8.42 Å². The highest BCUT2D eigenvalue weighted by Gasteiger charge is 2.42. The Morgan fingerprint density at radius 1 is 1.33 bits per heavy atom. The molecule has 1 saturated heterocycles. The van der Waals surface area contributed by atoms with Crippen molar-refractivity contribution in [3.8, 4) is 0 Å². The number of benzene rings is 1. The van der Waals surface area contributed by atoms with E-state index < -0.39 is 9.84 Å². The largest absolute Gasteiger partial charge is 0.364 e. The molecule has 4 heteroatoms. The smallest absolute Gasteiger partial charge is 0.204 e. The summed E-state index contributed by atoms with van der Waals surface area (Å²) >= 11 is 0. The van der Waals surface area contributed by atoms with Crippen LogP contribution in [-0.2, 0) is 14.6 Å². The Bertz CT molecular complexity index is 476. The van der Waals surface area contributed by atoms with Gasteiger partial charge in [0, 0.05) is 0 Å². The van der Waals surface area contributed by atoms with E-state index in [9.17, 15) is 8.42 Å². The van der Waals surface area contributed by atoms with E-state index in [1.54, 1.807) is 30.3 Å². The molecule has 0 spiro atoms. The second kappa shape index (κ2) is 3.47. The first-order valence-corrected chi connectivity index (χ1v) is 6.16. The highest BCUT2D eigenvalue weighted by molar-refractivity contribution is 7.95. The summed E-state index contributed by atoms with van der Waals surface area (Å²) < 4.78 is 29.1. The van der Waals surface area contributed by atoms with E-state index >= 15 is 0 Å². The van der Waals surface area contributed by atoms with Gasteiger partial charge in [-0.2, -0.15) is 0 Å². The minimum absolute atomic E-state index is 0.0315. The maximum absolute atomic E-state index is 12.0. The molecule has 15 heavy (non-hydrogen) atoms. The Kier molecular flexibility index (Phi) is 2.40. The molecule has 80 valence electrons. The van der Waals surface area contributed by atoms with E-state index in [1.807, 2.05) is 6.92 Å². The molecular formula is C11H12O3S. The van der Waals surface area contributed by atoms with Crippen LogP contribution in [0.4, 0.5) is 0 Å². The summed E-state index contributed by atoms with van der Waals surface area (Å²) in [7, 11) is -3.43. The molecule has 0 saturated carbocycles. The monoisotopic (exact) mass is 224 g/mol. The van der Waals surface area contributed by atoms with E-state index in [2.05, 4.69) is 6.58 Å². The highest BCUT2D eigenvalue weighted by Crippen LogP contribution is 2.33. The fourth-order valence-electron chi connectivity index (χ4n) is 1.43. The molecule has 0 N–H and O–H groups in total. The second-order valence-electron chi connectivity index (χ2n) is 3.54. The van der Waals surface area contributed by atoms with Crippen molar-refractivity contribution in [1.82, 2.24) is 0 Å². The molecule has 0 amide bonds. The molecule has 1 aromatic rings. The SMILES string of the molecule is C=C([C@@H]1O[C@H]1C)S(=O)(=O)c1ccccc1. The molecule has 1 heterocycles. The Balaban J connectivity index is 2.32. The topological polar surface area (TPSA) is 46.7 Å². The maximum Gasteiger partial charge on any atom is 0.204 e. The minimum Gasteiger partial charge on any atom is -0.364 e. The zero-order valence-corrected chi connectivity index (χ0v) is 9.20. The van der Waals surface area contributed by atoms with Gasteiger partial charge in [-0.3, -0.25) is 0 Å². The van der Waals surface area contributed by atoms with Gasteiger partial charge in [-0.1, -0.05) is 24.8 Å². The third kappa shape index (κ3) is 1.82. The second-order valence-corrected chi connectivity index (χ2v) is 5.55. The molecule has 0 unspecified atom stereocenters. The van der Waals surface area contributed by atoms with E-state index in [0.29, 0.717) is 0 Å². The van der Waals surface area contributed by atoms with Crippen molar-refractivity contribution in [2.24, 2.45) is 0 Å². The average molecular weight is 224 g/mol. The number of hydrogen-bond acceptors (Lipinski definition) is 3. The summed E-state index contributed by atoms with van der Waals surface area (Å²) in [6.07, 6.45) is -0.369. The first kappa shape index (κ1) is 10.4. The summed E-state index contributed by atoms with van der Waals surface area (Å²) in [4.78, 5) is 0.430. The molecule has 2 atom stereocenters. The summed E-state index contributed by atoms with van der Waals surface area (Å²) in [5.74, 6) is 0. The molecule has 1 fully saturated rings. The Hall–Kier alpha value is -1.13. The first-order valence-electron chi connectivity index (χ1n) is 4.68. The maximum atomic E-state index is 12.0. The van der Waals surface area contributed by atoms with Crippen molar-refractivity contribution in [3.63, 3.8) is 0 Å². The number of rotatable bonds is 3. The minimum atomic E-state index is -3.43. The number of ether oxygens (including phenoxy) is 1. The Morgan fingerprint density at radius 3 is 2.33 bits per heavy atom. The summed E-state index contributed by atoms with van der Waals surface area (Å²) in [5.41, 5.74) is 0. The Morgan fingerprint density at radius 2 is 1.87 bits per heavy atom. The standard InChI is InChI=1S/C11H12O3S/c1-8-11(14-8)9(2)15(12,13)10-6-4-3-5-7-10/h3-8,11H,2H2,1H3/t8-,11+/m0/s1. The average Bonchev–Trinajstić information content (AvgIpc) is 2.95. The zero-order valence-electron chi connectivity index (χ0n) is 8.38. The van der Waals surface area contributed by atoms with Crippen LogP contribution < -0.4 is 0 Å². The number of sulfone groups is 1. The van der Waals surface area contributed by atoms with Gasteiger partial charge < -0.3 is 4.74 Å². The van der Waals surface area contributed by atoms with Crippen molar-refractivity contribution in [2.45, 2.75) is 24.0 Å². The summed E-state index contributed by atoms with van der Waals surface area (Å²) in [6, 6.07) is 8.29. The highest BCUT2D eigenvalue weighted by atomic mass is 32.2. The molecule has 0 aromatic heterocycles. The van der Waals surface area contributed by atoms with Gasteiger partial charge in [0.25, 0.3) is 0 Å². The van der Waals surface area contributed by atoms with Crippen molar-refractivity contribution >= 4 is 9.84 Å². The first-order chi connectivity index (χ1) is 7.03. The van der Waals surface area contributed by atoms with Crippen LogP contribution in [0.5, 0.6) is 0 Å². The van der Waals surface area contributed by atoms with E-state index in [0.717, 1.165) is 0 Å². The van der Waals surface area contributed by atoms with Crippen LogP contribution >= 0.6 is 0 Å². The van der Waals surface area contributed by atoms with Crippen LogP contribution in [0, 0.1) is 0 Å². The van der Waals surface area contributed by atoms with Gasteiger partial charge in [0.1, 0.15) is 6.10 Å². The zero-order chi connectivity index (χ0) is 11.1. The van der Waals surface area contributed by atoms with Gasteiger partial charge in [-0.05, 0) is 19.1 Å².